The Morgan fingerprint density at radius 1 is 1.15 bits per heavy atom. The van der Waals surface area contributed by atoms with Crippen molar-refractivity contribution in [3.63, 3.8) is 0 Å². The molecule has 1 amide bonds. The van der Waals surface area contributed by atoms with Gasteiger partial charge in [-0.25, -0.2) is 0 Å². The number of carbonyl (C=O) groups excluding carboxylic acids is 2. The van der Waals surface area contributed by atoms with Crippen LogP contribution in [-0.4, -0.2) is 33.8 Å². The molecular formula is C26H19BrN2O5. The number of hydrogen-bond acceptors (Lipinski definition) is 6. The van der Waals surface area contributed by atoms with Gasteiger partial charge in [0.25, 0.3) is 5.91 Å². The maximum Gasteiger partial charge on any atom is 0.290 e. The van der Waals surface area contributed by atoms with E-state index >= 15 is 0 Å². The van der Waals surface area contributed by atoms with E-state index in [4.69, 9.17) is 9.15 Å². The van der Waals surface area contributed by atoms with Gasteiger partial charge >= 0.3 is 0 Å². The average molecular weight is 519 g/mol. The molecule has 0 saturated heterocycles. The van der Waals surface area contributed by atoms with Crippen molar-refractivity contribution in [2.75, 3.05) is 7.11 Å². The molecule has 170 valence electrons. The normalized spacial score (nSPS) is 15.9. The molecule has 0 aliphatic carbocycles. The van der Waals surface area contributed by atoms with Gasteiger partial charge in [0.15, 0.2) is 11.5 Å². The highest BCUT2D eigenvalue weighted by Gasteiger charge is 2.45. The van der Waals surface area contributed by atoms with E-state index in [0.29, 0.717) is 17.0 Å². The van der Waals surface area contributed by atoms with E-state index in [1.807, 2.05) is 24.3 Å². The van der Waals surface area contributed by atoms with Crippen LogP contribution in [-0.2, 0) is 11.3 Å². The Bertz CT molecular complexity index is 1440. The van der Waals surface area contributed by atoms with Gasteiger partial charge in [-0.1, -0.05) is 34.1 Å². The Hall–Kier alpha value is -3.91. The third-order valence-electron chi connectivity index (χ3n) is 5.71. The number of halogens is 1. The highest BCUT2D eigenvalue weighted by Crippen LogP contribution is 2.40. The van der Waals surface area contributed by atoms with E-state index in [2.05, 4.69) is 20.9 Å². The molecule has 0 fully saturated rings. The molecule has 2 aromatic heterocycles. The number of methoxy groups -OCH3 is 1. The number of hydrogen-bond donors (Lipinski definition) is 1. The predicted octanol–water partition coefficient (Wildman–Crippen LogP) is 5.38. The van der Waals surface area contributed by atoms with E-state index in [1.165, 1.54) is 4.90 Å². The quantitative estimate of drug-likeness (QED) is 0.344. The molecule has 5 rings (SSSR count). The number of benzene rings is 2. The van der Waals surface area contributed by atoms with Crippen molar-refractivity contribution < 1.29 is 23.8 Å². The molecule has 0 bridgehead atoms. The summed E-state index contributed by atoms with van der Waals surface area (Å²) in [7, 11) is 1.56. The molecule has 1 unspecified atom stereocenters. The summed E-state index contributed by atoms with van der Waals surface area (Å²) in [6.07, 6.45) is 1.58. The highest BCUT2D eigenvalue weighted by atomic mass is 79.9. The highest BCUT2D eigenvalue weighted by molar-refractivity contribution is 9.10. The second kappa shape index (κ2) is 8.79. The first-order chi connectivity index (χ1) is 16.5. The van der Waals surface area contributed by atoms with Crippen LogP contribution in [0.3, 0.4) is 0 Å². The molecular weight excluding hydrogens is 500 g/mol. The van der Waals surface area contributed by atoms with Crippen LogP contribution in [0.2, 0.25) is 0 Å². The van der Waals surface area contributed by atoms with Gasteiger partial charge in [0.2, 0.25) is 5.78 Å². The number of amides is 1. The van der Waals surface area contributed by atoms with Crippen molar-refractivity contribution in [2.24, 2.45) is 0 Å². The summed E-state index contributed by atoms with van der Waals surface area (Å²) in [4.78, 5) is 32.6. The van der Waals surface area contributed by atoms with Crippen molar-refractivity contribution >= 4 is 38.6 Å². The minimum atomic E-state index is -0.882. The summed E-state index contributed by atoms with van der Waals surface area (Å²) in [6, 6.07) is 18.6. The molecule has 0 saturated carbocycles. The first-order valence-corrected chi connectivity index (χ1v) is 11.3. The largest absolute Gasteiger partial charge is 0.503 e. The van der Waals surface area contributed by atoms with E-state index in [9.17, 15) is 14.7 Å². The monoisotopic (exact) mass is 518 g/mol. The summed E-state index contributed by atoms with van der Waals surface area (Å²) in [5, 5.41) is 11.6. The van der Waals surface area contributed by atoms with Gasteiger partial charge in [0.05, 0.1) is 18.4 Å². The van der Waals surface area contributed by atoms with Gasteiger partial charge in [-0.3, -0.25) is 14.6 Å². The summed E-state index contributed by atoms with van der Waals surface area (Å²) < 4.78 is 11.9. The van der Waals surface area contributed by atoms with Crippen molar-refractivity contribution in [3.05, 3.63) is 106 Å². The third-order valence-corrected chi connectivity index (χ3v) is 6.20. The maximum atomic E-state index is 13.6. The fourth-order valence-electron chi connectivity index (χ4n) is 4.12. The summed E-state index contributed by atoms with van der Waals surface area (Å²) >= 11 is 3.41. The number of nitrogens with zero attached hydrogens (tertiary/aromatic N) is 2. The zero-order chi connectivity index (χ0) is 23.8. The van der Waals surface area contributed by atoms with Crippen LogP contribution in [0.1, 0.15) is 27.9 Å². The molecule has 4 aromatic rings. The van der Waals surface area contributed by atoms with Crippen molar-refractivity contribution in [3.8, 4) is 5.75 Å². The van der Waals surface area contributed by atoms with Crippen molar-refractivity contribution in [1.82, 2.24) is 9.88 Å². The van der Waals surface area contributed by atoms with Crippen LogP contribution < -0.4 is 4.74 Å². The van der Waals surface area contributed by atoms with Crippen LogP contribution in [0.15, 0.2) is 93.1 Å². The molecule has 1 aliphatic rings. The number of ether oxygens (including phenoxy) is 1. The Morgan fingerprint density at radius 3 is 2.76 bits per heavy atom. The Kier molecular flexibility index (Phi) is 5.67. The first kappa shape index (κ1) is 21.9. The molecule has 0 radical (unpaired) electrons. The van der Waals surface area contributed by atoms with Gasteiger partial charge in [-0.2, -0.15) is 0 Å². The Labute approximate surface area is 203 Å². The smallest absolute Gasteiger partial charge is 0.290 e. The van der Waals surface area contributed by atoms with E-state index in [-0.39, 0.29) is 17.9 Å². The molecule has 1 aliphatic heterocycles. The lowest BCUT2D eigenvalue weighted by atomic mass is 9.98. The number of fused-ring (bicyclic) bond motifs is 1. The fraction of sp³-hybridized carbons (Fsp3) is 0.115. The van der Waals surface area contributed by atoms with Gasteiger partial charge in [-0.15, -0.1) is 0 Å². The van der Waals surface area contributed by atoms with E-state index in [1.54, 1.807) is 55.8 Å². The van der Waals surface area contributed by atoms with Gasteiger partial charge in [0.1, 0.15) is 17.4 Å². The number of rotatable bonds is 6. The zero-order valence-corrected chi connectivity index (χ0v) is 19.7. The Morgan fingerprint density at radius 2 is 2.00 bits per heavy atom. The molecule has 7 nitrogen and oxygen atoms in total. The minimum Gasteiger partial charge on any atom is -0.503 e. The SMILES string of the molecule is COc1cccc(CN2C(=O)C(O)=C(C(=O)c3cc4cc(Br)ccc4o3)C2c2ccccn2)c1. The summed E-state index contributed by atoms with van der Waals surface area (Å²) in [5.41, 5.74) is 1.71. The van der Waals surface area contributed by atoms with Crippen molar-refractivity contribution in [1.29, 1.82) is 0 Å². The summed E-state index contributed by atoms with van der Waals surface area (Å²) in [6.45, 7) is 0.144. The number of carbonyl (C=O) groups is 2. The lowest BCUT2D eigenvalue weighted by Gasteiger charge is -2.26. The third kappa shape index (κ3) is 3.86. The molecule has 1 N–H and O–H groups in total. The van der Waals surface area contributed by atoms with Crippen LogP contribution in [0.25, 0.3) is 11.0 Å². The van der Waals surface area contributed by atoms with Gasteiger partial charge in [0, 0.05) is 22.6 Å². The second-order valence-electron chi connectivity index (χ2n) is 7.83. The number of Topliss-reactive ketones (excluding diaryl/α,β-unsaturated/α-hetero) is 1. The van der Waals surface area contributed by atoms with Gasteiger partial charge < -0.3 is 19.2 Å². The van der Waals surface area contributed by atoms with Gasteiger partial charge in [-0.05, 0) is 54.1 Å². The fourth-order valence-corrected chi connectivity index (χ4v) is 4.50. The predicted molar refractivity (Wildman–Crippen MR) is 128 cm³/mol. The number of ketones is 1. The Balaban J connectivity index is 1.58. The number of furan rings is 1. The van der Waals surface area contributed by atoms with Crippen LogP contribution in [0.5, 0.6) is 5.75 Å². The molecule has 3 heterocycles. The number of aromatic nitrogens is 1. The lowest BCUT2D eigenvalue weighted by molar-refractivity contribution is -0.130. The summed E-state index contributed by atoms with van der Waals surface area (Å²) in [5.74, 6) is -1.15. The number of pyridine rings is 1. The molecule has 2 aromatic carbocycles. The topological polar surface area (TPSA) is 92.9 Å². The minimum absolute atomic E-state index is 0.0339. The van der Waals surface area contributed by atoms with Crippen LogP contribution in [0, 0.1) is 0 Å². The molecule has 0 spiro atoms. The first-order valence-electron chi connectivity index (χ1n) is 10.5. The standard InChI is InChI=1S/C26H19BrN2O5/c1-33-18-6-4-5-15(11-18)14-29-23(19-7-2-3-10-28-19)22(25(31)26(29)32)24(30)21-13-16-12-17(27)8-9-20(16)34-21/h2-13,23,31H,14H2,1H3. The number of aliphatic hydroxyl groups is 1. The van der Waals surface area contributed by atoms with Crippen LogP contribution in [0.4, 0.5) is 0 Å². The molecule has 1 atom stereocenters. The molecule has 34 heavy (non-hydrogen) atoms. The average Bonchev–Trinajstić information content (AvgIpc) is 3.38. The van der Waals surface area contributed by atoms with Crippen molar-refractivity contribution in [2.45, 2.75) is 12.6 Å². The number of aliphatic hydroxyl groups excluding tert-OH is 1. The van der Waals surface area contributed by atoms with E-state index < -0.39 is 23.5 Å². The second-order valence-corrected chi connectivity index (χ2v) is 8.74. The zero-order valence-electron chi connectivity index (χ0n) is 18.1. The maximum absolute atomic E-state index is 13.6. The van der Waals surface area contributed by atoms with E-state index in [0.717, 1.165) is 15.4 Å². The molecule has 8 heteroatoms. The lowest BCUT2D eigenvalue weighted by Crippen LogP contribution is -2.31. The van der Waals surface area contributed by atoms with Crippen LogP contribution >= 0.6 is 15.9 Å².